The average Bonchev–Trinajstić information content (AvgIpc) is 3.01. The van der Waals surface area contributed by atoms with Crippen LogP contribution in [0.4, 0.5) is 10.1 Å². The molecule has 6 nitrogen and oxygen atoms in total. The fraction of sp³-hybridized carbons (Fsp3) is 0.125. The Bertz CT molecular complexity index is 1130. The lowest BCUT2D eigenvalue weighted by molar-refractivity contribution is -0.137. The monoisotopic (exact) mass is 417 g/mol. The number of ether oxygens (including phenoxy) is 1. The van der Waals surface area contributed by atoms with Crippen molar-refractivity contribution in [3.63, 3.8) is 0 Å². The highest BCUT2D eigenvalue weighted by Gasteiger charge is 2.39. The molecule has 7 heteroatoms. The SMILES string of the molecule is CCOc1ccc(C2=C(Nc3ccc(F)cc3)C(=O)N(Cc3cccnc3)C2=O)cc1. The molecule has 0 spiro atoms. The van der Waals surface area contributed by atoms with Gasteiger partial charge in [-0.3, -0.25) is 19.5 Å². The lowest BCUT2D eigenvalue weighted by Gasteiger charge is -2.15. The maximum absolute atomic E-state index is 13.3. The van der Waals surface area contributed by atoms with Gasteiger partial charge in [0.2, 0.25) is 0 Å². The molecule has 31 heavy (non-hydrogen) atoms. The fourth-order valence-electron chi connectivity index (χ4n) is 3.34. The van der Waals surface area contributed by atoms with Crippen LogP contribution in [0.5, 0.6) is 5.75 Å². The Hall–Kier alpha value is -4.00. The summed E-state index contributed by atoms with van der Waals surface area (Å²) in [5, 5.41) is 3.01. The van der Waals surface area contributed by atoms with E-state index in [0.717, 1.165) is 5.56 Å². The summed E-state index contributed by atoms with van der Waals surface area (Å²) >= 11 is 0. The number of halogens is 1. The number of anilines is 1. The zero-order valence-corrected chi connectivity index (χ0v) is 16.8. The predicted octanol–water partition coefficient (Wildman–Crippen LogP) is 4.01. The van der Waals surface area contributed by atoms with E-state index in [-0.39, 0.29) is 17.8 Å². The van der Waals surface area contributed by atoms with Crippen LogP contribution in [0.25, 0.3) is 5.57 Å². The number of carbonyl (C=O) groups excluding carboxylic acids is 2. The van der Waals surface area contributed by atoms with Gasteiger partial charge in [-0.05, 0) is 60.5 Å². The number of aromatic nitrogens is 1. The zero-order valence-electron chi connectivity index (χ0n) is 16.8. The highest BCUT2D eigenvalue weighted by Crippen LogP contribution is 2.32. The molecule has 156 valence electrons. The first-order chi connectivity index (χ1) is 15.1. The molecule has 0 saturated heterocycles. The lowest BCUT2D eigenvalue weighted by atomic mass is 10.0. The third kappa shape index (κ3) is 4.30. The molecule has 0 atom stereocenters. The van der Waals surface area contributed by atoms with Crippen molar-refractivity contribution in [3.05, 3.63) is 95.7 Å². The van der Waals surface area contributed by atoms with Crippen molar-refractivity contribution in [2.75, 3.05) is 11.9 Å². The number of hydrogen-bond donors (Lipinski definition) is 1. The molecule has 1 aromatic heterocycles. The minimum absolute atomic E-state index is 0.0979. The molecular formula is C24H20FN3O3. The number of hydrogen-bond acceptors (Lipinski definition) is 5. The molecule has 1 aliphatic rings. The van der Waals surface area contributed by atoms with Crippen LogP contribution in [0, 0.1) is 5.82 Å². The number of carbonyl (C=O) groups is 2. The number of benzene rings is 2. The molecule has 0 unspecified atom stereocenters. The van der Waals surface area contributed by atoms with Crippen LogP contribution >= 0.6 is 0 Å². The molecule has 2 aromatic carbocycles. The molecular weight excluding hydrogens is 397 g/mol. The Kier molecular flexibility index (Phi) is 5.75. The van der Waals surface area contributed by atoms with Gasteiger partial charge in [0.1, 0.15) is 17.3 Å². The summed E-state index contributed by atoms with van der Waals surface area (Å²) in [4.78, 5) is 31.7. The van der Waals surface area contributed by atoms with E-state index in [0.29, 0.717) is 23.6 Å². The first-order valence-electron chi connectivity index (χ1n) is 9.82. The number of imide groups is 1. The van der Waals surface area contributed by atoms with E-state index in [1.807, 2.05) is 6.92 Å². The molecule has 0 saturated carbocycles. The van der Waals surface area contributed by atoms with Crippen molar-refractivity contribution in [1.29, 1.82) is 0 Å². The van der Waals surface area contributed by atoms with Gasteiger partial charge in [0, 0.05) is 18.1 Å². The van der Waals surface area contributed by atoms with Crippen molar-refractivity contribution in [3.8, 4) is 5.75 Å². The smallest absolute Gasteiger partial charge is 0.278 e. The fourth-order valence-corrected chi connectivity index (χ4v) is 3.34. The Balaban J connectivity index is 1.71. The van der Waals surface area contributed by atoms with Crippen LogP contribution in [-0.2, 0) is 16.1 Å². The summed E-state index contributed by atoms with van der Waals surface area (Å²) in [5.41, 5.74) is 2.22. The van der Waals surface area contributed by atoms with E-state index < -0.39 is 17.6 Å². The normalized spacial score (nSPS) is 13.7. The van der Waals surface area contributed by atoms with Crippen LogP contribution in [-0.4, -0.2) is 28.3 Å². The Morgan fingerprint density at radius 3 is 2.39 bits per heavy atom. The van der Waals surface area contributed by atoms with Crippen molar-refractivity contribution < 1.29 is 18.7 Å². The molecule has 1 aliphatic heterocycles. The average molecular weight is 417 g/mol. The number of nitrogens with one attached hydrogen (secondary N) is 1. The largest absolute Gasteiger partial charge is 0.494 e. The lowest BCUT2D eigenvalue weighted by Crippen LogP contribution is -2.32. The number of rotatable bonds is 7. The summed E-state index contributed by atoms with van der Waals surface area (Å²) in [6, 6.07) is 16.1. The second kappa shape index (κ2) is 8.79. The van der Waals surface area contributed by atoms with Crippen molar-refractivity contribution >= 4 is 23.1 Å². The minimum atomic E-state index is -0.456. The topological polar surface area (TPSA) is 71.5 Å². The van der Waals surface area contributed by atoms with Gasteiger partial charge in [-0.15, -0.1) is 0 Å². The van der Waals surface area contributed by atoms with Gasteiger partial charge < -0.3 is 10.1 Å². The van der Waals surface area contributed by atoms with E-state index in [4.69, 9.17) is 4.74 Å². The summed E-state index contributed by atoms with van der Waals surface area (Å²) < 4.78 is 18.8. The molecule has 2 heterocycles. The second-order valence-electron chi connectivity index (χ2n) is 6.90. The summed E-state index contributed by atoms with van der Waals surface area (Å²) in [6.45, 7) is 2.51. The third-order valence-corrected chi connectivity index (χ3v) is 4.80. The van der Waals surface area contributed by atoms with E-state index in [2.05, 4.69) is 10.3 Å². The van der Waals surface area contributed by atoms with E-state index in [9.17, 15) is 14.0 Å². The van der Waals surface area contributed by atoms with Gasteiger partial charge in [-0.25, -0.2) is 4.39 Å². The van der Waals surface area contributed by atoms with Crippen molar-refractivity contribution in [1.82, 2.24) is 9.88 Å². The number of amides is 2. The van der Waals surface area contributed by atoms with Gasteiger partial charge >= 0.3 is 0 Å². The van der Waals surface area contributed by atoms with E-state index in [1.54, 1.807) is 48.8 Å². The molecule has 2 amide bonds. The third-order valence-electron chi connectivity index (χ3n) is 4.80. The van der Waals surface area contributed by atoms with Gasteiger partial charge in [-0.2, -0.15) is 0 Å². The molecule has 3 aromatic rings. The number of nitrogens with zero attached hydrogens (tertiary/aromatic N) is 2. The highest BCUT2D eigenvalue weighted by atomic mass is 19.1. The summed E-state index contributed by atoms with van der Waals surface area (Å²) in [5.74, 6) is -0.591. The standard InChI is InChI=1S/C24H20FN3O3/c1-2-31-20-11-5-17(6-12-20)21-22(27-19-9-7-18(25)8-10-19)24(30)28(23(21)29)15-16-4-3-13-26-14-16/h3-14,27H,2,15H2,1H3. The Morgan fingerprint density at radius 2 is 1.74 bits per heavy atom. The van der Waals surface area contributed by atoms with Gasteiger partial charge in [0.15, 0.2) is 0 Å². The maximum atomic E-state index is 13.3. The quantitative estimate of drug-likeness (QED) is 0.588. The predicted molar refractivity (Wildman–Crippen MR) is 114 cm³/mol. The summed E-state index contributed by atoms with van der Waals surface area (Å²) in [6.07, 6.45) is 3.24. The minimum Gasteiger partial charge on any atom is -0.494 e. The van der Waals surface area contributed by atoms with E-state index >= 15 is 0 Å². The first kappa shape index (κ1) is 20.3. The number of pyridine rings is 1. The Morgan fingerprint density at radius 1 is 1.00 bits per heavy atom. The van der Waals surface area contributed by atoms with Crippen molar-refractivity contribution in [2.24, 2.45) is 0 Å². The van der Waals surface area contributed by atoms with Crippen LogP contribution in [0.15, 0.2) is 78.8 Å². The molecule has 1 N–H and O–H groups in total. The molecule has 0 fully saturated rings. The molecule has 0 aliphatic carbocycles. The maximum Gasteiger partial charge on any atom is 0.278 e. The van der Waals surface area contributed by atoms with Gasteiger partial charge in [0.25, 0.3) is 11.8 Å². The van der Waals surface area contributed by atoms with Crippen LogP contribution < -0.4 is 10.1 Å². The highest BCUT2D eigenvalue weighted by molar-refractivity contribution is 6.36. The molecule has 4 rings (SSSR count). The van der Waals surface area contributed by atoms with Crippen LogP contribution in [0.3, 0.4) is 0 Å². The molecule has 0 bridgehead atoms. The van der Waals surface area contributed by atoms with Gasteiger partial charge in [0.05, 0.1) is 18.7 Å². The van der Waals surface area contributed by atoms with Gasteiger partial charge in [-0.1, -0.05) is 18.2 Å². The van der Waals surface area contributed by atoms with Crippen LogP contribution in [0.1, 0.15) is 18.1 Å². The first-order valence-corrected chi connectivity index (χ1v) is 9.82. The zero-order chi connectivity index (χ0) is 21.8. The van der Waals surface area contributed by atoms with E-state index in [1.165, 1.54) is 29.2 Å². The molecule has 0 radical (unpaired) electrons. The Labute approximate surface area is 179 Å². The van der Waals surface area contributed by atoms with Crippen molar-refractivity contribution in [2.45, 2.75) is 13.5 Å². The van der Waals surface area contributed by atoms with Crippen LogP contribution in [0.2, 0.25) is 0 Å². The second-order valence-corrected chi connectivity index (χ2v) is 6.90. The summed E-state index contributed by atoms with van der Waals surface area (Å²) in [7, 11) is 0.